The molecule has 3 heteroatoms. The maximum atomic E-state index is 12.1. The molecule has 2 rings (SSSR count). The maximum Gasteiger partial charge on any atom is 0.167 e. The van der Waals surface area contributed by atoms with Crippen LogP contribution in [0.1, 0.15) is 16.7 Å². The van der Waals surface area contributed by atoms with E-state index < -0.39 is 0 Å². The Labute approximate surface area is 102 Å². The monoisotopic (exact) mass is 233 g/mol. The molecule has 1 N–H and O–H groups in total. The van der Waals surface area contributed by atoms with Gasteiger partial charge in [-0.1, -0.05) is 18.2 Å². The van der Waals surface area contributed by atoms with Crippen molar-refractivity contribution >= 4 is 5.78 Å². The number of Topliss-reactive ketones (excluding diaryl/α,β-unsaturated/α-hetero) is 1. The van der Waals surface area contributed by atoms with Crippen molar-refractivity contribution in [2.24, 2.45) is 0 Å². The second-order valence-corrected chi connectivity index (χ2v) is 4.58. The number of carbonyl (C=O) groups excluding carboxylic acids is 1. The zero-order chi connectivity index (χ0) is 12.3. The summed E-state index contributed by atoms with van der Waals surface area (Å²) in [5.41, 5.74) is 3.51. The summed E-state index contributed by atoms with van der Waals surface area (Å²) in [5.74, 6) is 0.176. The van der Waals surface area contributed by atoms with Crippen LogP contribution in [0, 0.1) is 13.8 Å². The van der Waals surface area contributed by atoms with E-state index >= 15 is 0 Å². The minimum Gasteiger partial charge on any atom is -0.368 e. The third-order valence-electron chi connectivity index (χ3n) is 3.28. The highest BCUT2D eigenvalue weighted by Crippen LogP contribution is 2.15. The van der Waals surface area contributed by atoms with Crippen molar-refractivity contribution in [2.45, 2.75) is 26.4 Å². The lowest BCUT2D eigenvalue weighted by Gasteiger charge is -2.23. The van der Waals surface area contributed by atoms with Gasteiger partial charge >= 0.3 is 0 Å². The molecule has 92 valence electrons. The number of ketones is 1. The first kappa shape index (κ1) is 12.3. The summed E-state index contributed by atoms with van der Waals surface area (Å²) in [6, 6.07) is 6.13. The first-order chi connectivity index (χ1) is 8.18. The molecule has 3 nitrogen and oxygen atoms in total. The van der Waals surface area contributed by atoms with E-state index in [-0.39, 0.29) is 11.9 Å². The fourth-order valence-corrected chi connectivity index (χ4v) is 2.19. The summed E-state index contributed by atoms with van der Waals surface area (Å²) in [7, 11) is 0. The van der Waals surface area contributed by atoms with Crippen LogP contribution in [0.5, 0.6) is 0 Å². The predicted octanol–water partition coefficient (Wildman–Crippen LogP) is 1.40. The Balaban J connectivity index is 2.07. The number of ether oxygens (including phenoxy) is 1. The molecule has 1 aliphatic rings. The third kappa shape index (κ3) is 2.93. The molecule has 1 aromatic rings. The number of rotatable bonds is 3. The SMILES string of the molecule is Cc1cccc(C)c1CC(=O)C1CNCCO1. The zero-order valence-corrected chi connectivity index (χ0v) is 10.5. The topological polar surface area (TPSA) is 38.3 Å². The molecule has 0 radical (unpaired) electrons. The fourth-order valence-electron chi connectivity index (χ4n) is 2.19. The van der Waals surface area contributed by atoms with Crippen LogP contribution in [0.15, 0.2) is 18.2 Å². The Morgan fingerprint density at radius 1 is 1.41 bits per heavy atom. The lowest BCUT2D eigenvalue weighted by Crippen LogP contribution is -2.43. The highest BCUT2D eigenvalue weighted by molar-refractivity contribution is 5.86. The molecule has 1 heterocycles. The first-order valence-electron chi connectivity index (χ1n) is 6.08. The van der Waals surface area contributed by atoms with Crippen molar-refractivity contribution in [3.05, 3.63) is 34.9 Å². The van der Waals surface area contributed by atoms with Crippen molar-refractivity contribution in [3.63, 3.8) is 0 Å². The lowest BCUT2D eigenvalue weighted by molar-refractivity contribution is -0.131. The summed E-state index contributed by atoms with van der Waals surface area (Å²) in [6.07, 6.45) is 0.202. The van der Waals surface area contributed by atoms with E-state index in [4.69, 9.17) is 4.74 Å². The number of hydrogen-bond acceptors (Lipinski definition) is 3. The van der Waals surface area contributed by atoms with E-state index in [1.54, 1.807) is 0 Å². The van der Waals surface area contributed by atoms with E-state index in [1.165, 1.54) is 11.1 Å². The smallest absolute Gasteiger partial charge is 0.167 e. The largest absolute Gasteiger partial charge is 0.368 e. The molecule has 0 aliphatic carbocycles. The van der Waals surface area contributed by atoms with Crippen LogP contribution in [0.2, 0.25) is 0 Å². The van der Waals surface area contributed by atoms with Crippen LogP contribution in [-0.2, 0) is 16.0 Å². The summed E-state index contributed by atoms with van der Waals surface area (Å²) in [6.45, 7) is 6.21. The molecule has 1 fully saturated rings. The number of nitrogens with one attached hydrogen (secondary N) is 1. The summed E-state index contributed by atoms with van der Waals surface area (Å²) >= 11 is 0. The molecule has 1 unspecified atom stereocenters. The lowest BCUT2D eigenvalue weighted by atomic mass is 9.96. The van der Waals surface area contributed by atoms with Gasteiger partial charge in [0.05, 0.1) is 6.61 Å². The first-order valence-corrected chi connectivity index (χ1v) is 6.08. The molecule has 0 aromatic heterocycles. The van der Waals surface area contributed by atoms with Gasteiger partial charge in [-0.15, -0.1) is 0 Å². The Morgan fingerprint density at radius 3 is 2.71 bits per heavy atom. The standard InChI is InChI=1S/C14H19NO2/c1-10-4-3-5-11(2)12(10)8-13(16)14-9-15-6-7-17-14/h3-5,14-15H,6-9H2,1-2H3. The van der Waals surface area contributed by atoms with Crippen LogP contribution < -0.4 is 5.32 Å². The van der Waals surface area contributed by atoms with E-state index in [1.807, 2.05) is 6.07 Å². The average molecular weight is 233 g/mol. The van der Waals surface area contributed by atoms with Gasteiger partial charge in [0.15, 0.2) is 5.78 Å². The molecule has 1 aliphatic heterocycles. The maximum absolute atomic E-state index is 12.1. The molecule has 0 bridgehead atoms. The van der Waals surface area contributed by atoms with Gasteiger partial charge in [0.25, 0.3) is 0 Å². The highest BCUT2D eigenvalue weighted by Gasteiger charge is 2.22. The van der Waals surface area contributed by atoms with Gasteiger partial charge < -0.3 is 10.1 Å². The van der Waals surface area contributed by atoms with Gasteiger partial charge in [-0.05, 0) is 30.5 Å². The van der Waals surface area contributed by atoms with Crippen LogP contribution in [0.3, 0.4) is 0 Å². The van der Waals surface area contributed by atoms with Gasteiger partial charge in [0.2, 0.25) is 0 Å². The molecule has 0 saturated carbocycles. The van der Waals surface area contributed by atoms with Gasteiger partial charge in [0.1, 0.15) is 6.10 Å². The Morgan fingerprint density at radius 2 is 2.12 bits per heavy atom. The van der Waals surface area contributed by atoms with Crippen molar-refractivity contribution in [3.8, 4) is 0 Å². The molecule has 0 spiro atoms. The number of benzene rings is 1. The minimum atomic E-state index is -0.275. The Kier molecular flexibility index (Phi) is 3.92. The molecule has 0 amide bonds. The second kappa shape index (κ2) is 5.43. The average Bonchev–Trinajstić information content (AvgIpc) is 2.35. The van der Waals surface area contributed by atoms with Crippen molar-refractivity contribution in [1.82, 2.24) is 5.32 Å². The van der Waals surface area contributed by atoms with E-state index in [0.29, 0.717) is 19.6 Å². The summed E-state index contributed by atoms with van der Waals surface area (Å²) in [4.78, 5) is 12.1. The zero-order valence-electron chi connectivity index (χ0n) is 10.5. The molecular weight excluding hydrogens is 214 g/mol. The van der Waals surface area contributed by atoms with Gasteiger partial charge in [0, 0.05) is 19.5 Å². The number of morpholine rings is 1. The Bertz CT molecular complexity index is 388. The van der Waals surface area contributed by atoms with Gasteiger partial charge in [-0.3, -0.25) is 4.79 Å². The number of carbonyl (C=O) groups is 1. The molecule has 1 aromatic carbocycles. The number of aryl methyl sites for hydroxylation is 2. The normalized spacial score (nSPS) is 20.2. The van der Waals surface area contributed by atoms with Gasteiger partial charge in [-0.2, -0.15) is 0 Å². The molecular formula is C14H19NO2. The van der Waals surface area contributed by atoms with Crippen LogP contribution in [0.4, 0.5) is 0 Å². The molecule has 17 heavy (non-hydrogen) atoms. The van der Waals surface area contributed by atoms with Crippen LogP contribution in [0.25, 0.3) is 0 Å². The van der Waals surface area contributed by atoms with Crippen molar-refractivity contribution in [1.29, 1.82) is 0 Å². The van der Waals surface area contributed by atoms with E-state index in [2.05, 4.69) is 31.3 Å². The van der Waals surface area contributed by atoms with Crippen molar-refractivity contribution in [2.75, 3.05) is 19.7 Å². The molecule has 1 atom stereocenters. The van der Waals surface area contributed by atoms with Gasteiger partial charge in [-0.25, -0.2) is 0 Å². The van der Waals surface area contributed by atoms with E-state index in [9.17, 15) is 4.79 Å². The van der Waals surface area contributed by atoms with Crippen LogP contribution in [-0.4, -0.2) is 31.6 Å². The quantitative estimate of drug-likeness (QED) is 0.857. The number of hydrogen-bond donors (Lipinski definition) is 1. The summed E-state index contributed by atoms with van der Waals surface area (Å²) < 4.78 is 5.48. The van der Waals surface area contributed by atoms with Crippen molar-refractivity contribution < 1.29 is 9.53 Å². The summed E-state index contributed by atoms with van der Waals surface area (Å²) in [5, 5.41) is 3.18. The van der Waals surface area contributed by atoms with Crippen LogP contribution >= 0.6 is 0 Å². The molecule has 1 saturated heterocycles. The third-order valence-corrected chi connectivity index (χ3v) is 3.28. The fraction of sp³-hybridized carbons (Fsp3) is 0.500. The highest BCUT2D eigenvalue weighted by atomic mass is 16.5. The predicted molar refractivity (Wildman–Crippen MR) is 67.2 cm³/mol. The Hall–Kier alpha value is -1.19. The second-order valence-electron chi connectivity index (χ2n) is 4.58. The minimum absolute atomic E-state index is 0.176. The van der Waals surface area contributed by atoms with E-state index in [0.717, 1.165) is 12.1 Å².